The molecule has 150 valence electrons. The summed E-state index contributed by atoms with van der Waals surface area (Å²) in [6.07, 6.45) is 0.779. The third kappa shape index (κ3) is 4.21. The zero-order valence-electron chi connectivity index (χ0n) is 18.1. The van der Waals surface area contributed by atoms with Gasteiger partial charge < -0.3 is 9.47 Å². The summed E-state index contributed by atoms with van der Waals surface area (Å²) >= 11 is 0. The van der Waals surface area contributed by atoms with E-state index < -0.39 is 33.5 Å². The molecule has 2 rings (SSSR count). The first-order valence-electron chi connectivity index (χ1n) is 9.88. The first kappa shape index (κ1) is 21.9. The Morgan fingerprint density at radius 1 is 0.889 bits per heavy atom. The molecule has 0 saturated heterocycles. The van der Waals surface area contributed by atoms with E-state index in [1.165, 1.54) is 15.9 Å². The fourth-order valence-electron chi connectivity index (χ4n) is 3.80. The lowest BCUT2D eigenvalue weighted by Crippen LogP contribution is -2.47. The van der Waals surface area contributed by atoms with Crippen LogP contribution in [0.25, 0.3) is 0 Å². The van der Waals surface area contributed by atoms with Crippen LogP contribution in [0.2, 0.25) is 39.3 Å². The predicted octanol–water partition coefficient (Wildman–Crippen LogP) is 2.99. The third-order valence-corrected chi connectivity index (χ3v) is 9.40. The summed E-state index contributed by atoms with van der Waals surface area (Å²) in [7, 11) is -3.18. The fraction of sp³-hybridized carbons (Fsp3) is 0.619. The number of hydrogen-bond acceptors (Lipinski definition) is 4. The molecular formula is C21H34O4Si2. The first-order chi connectivity index (χ1) is 12.4. The van der Waals surface area contributed by atoms with Crippen LogP contribution in [-0.4, -0.2) is 41.3 Å². The molecule has 0 unspecified atom stereocenters. The van der Waals surface area contributed by atoms with Gasteiger partial charge in [-0.05, 0) is 37.8 Å². The van der Waals surface area contributed by atoms with Crippen molar-refractivity contribution in [1.82, 2.24) is 0 Å². The largest absolute Gasteiger partial charge is 0.465 e. The Bertz CT molecular complexity index is 724. The Balaban J connectivity index is 2.65. The molecule has 0 fully saturated rings. The number of carbonyl (C=O) groups is 2. The van der Waals surface area contributed by atoms with E-state index in [1.807, 2.05) is 0 Å². The van der Waals surface area contributed by atoms with E-state index in [0.29, 0.717) is 12.8 Å². The molecule has 0 heterocycles. The number of hydrogen-bond donors (Lipinski definition) is 0. The zero-order chi connectivity index (χ0) is 20.6. The highest BCUT2D eigenvalue weighted by Crippen LogP contribution is 2.39. The molecule has 0 bridgehead atoms. The number of esters is 2. The van der Waals surface area contributed by atoms with Gasteiger partial charge in [-0.3, -0.25) is 9.59 Å². The summed E-state index contributed by atoms with van der Waals surface area (Å²) in [4.78, 5) is 25.8. The van der Waals surface area contributed by atoms with Crippen LogP contribution in [0.4, 0.5) is 0 Å². The van der Waals surface area contributed by atoms with Crippen LogP contribution in [0.3, 0.4) is 0 Å². The van der Waals surface area contributed by atoms with Crippen LogP contribution >= 0.6 is 0 Å². The van der Waals surface area contributed by atoms with Gasteiger partial charge in [0.25, 0.3) is 0 Å². The number of ether oxygens (including phenoxy) is 2. The highest BCUT2D eigenvalue weighted by Gasteiger charge is 2.54. The minimum Gasteiger partial charge on any atom is -0.465 e. The second-order valence-electron chi connectivity index (χ2n) is 9.54. The van der Waals surface area contributed by atoms with Crippen molar-refractivity contribution in [3.63, 3.8) is 0 Å². The van der Waals surface area contributed by atoms with E-state index in [-0.39, 0.29) is 13.2 Å². The molecule has 1 aromatic carbocycles. The lowest BCUT2D eigenvalue weighted by molar-refractivity contribution is -0.171. The van der Waals surface area contributed by atoms with Gasteiger partial charge in [-0.1, -0.05) is 61.8 Å². The van der Waals surface area contributed by atoms with Crippen molar-refractivity contribution in [3.05, 3.63) is 23.3 Å². The number of rotatable bonds is 6. The second-order valence-corrected chi connectivity index (χ2v) is 19.7. The van der Waals surface area contributed by atoms with E-state index in [1.54, 1.807) is 13.8 Å². The maximum Gasteiger partial charge on any atom is 0.324 e. The molecule has 0 aliphatic heterocycles. The Kier molecular flexibility index (Phi) is 6.12. The van der Waals surface area contributed by atoms with Gasteiger partial charge in [0, 0.05) is 0 Å². The van der Waals surface area contributed by atoms with Crippen molar-refractivity contribution in [2.24, 2.45) is 5.41 Å². The van der Waals surface area contributed by atoms with Crippen molar-refractivity contribution >= 4 is 38.5 Å². The maximum absolute atomic E-state index is 12.9. The van der Waals surface area contributed by atoms with Gasteiger partial charge in [0.05, 0.1) is 29.4 Å². The Morgan fingerprint density at radius 3 is 1.81 bits per heavy atom. The molecule has 0 amide bonds. The summed E-state index contributed by atoms with van der Waals surface area (Å²) in [5.41, 5.74) is 1.08. The SMILES string of the molecule is CCOC(=O)C1(C(=O)OCC)Cc2cc([Si](C)(C)C)cc([Si](C)(C)C)c2C1. The molecule has 4 nitrogen and oxygen atoms in total. The van der Waals surface area contributed by atoms with Crippen LogP contribution in [-0.2, 0) is 31.9 Å². The van der Waals surface area contributed by atoms with Gasteiger partial charge in [0.1, 0.15) is 0 Å². The predicted molar refractivity (Wildman–Crippen MR) is 116 cm³/mol. The molecule has 1 aliphatic carbocycles. The number of carbonyl (C=O) groups excluding carboxylic acids is 2. The maximum atomic E-state index is 12.9. The van der Waals surface area contributed by atoms with Gasteiger partial charge in [0.2, 0.25) is 0 Å². The normalized spacial score (nSPS) is 16.0. The molecule has 0 aromatic heterocycles. The Labute approximate surface area is 165 Å². The lowest BCUT2D eigenvalue weighted by Gasteiger charge is -2.26. The lowest BCUT2D eigenvalue weighted by atomic mass is 9.84. The monoisotopic (exact) mass is 406 g/mol. The Hall–Kier alpha value is -1.41. The smallest absolute Gasteiger partial charge is 0.324 e. The van der Waals surface area contributed by atoms with E-state index in [4.69, 9.17) is 9.47 Å². The Morgan fingerprint density at radius 2 is 1.41 bits per heavy atom. The molecular weight excluding hydrogens is 372 g/mol. The van der Waals surface area contributed by atoms with Crippen molar-refractivity contribution in [3.8, 4) is 0 Å². The van der Waals surface area contributed by atoms with Crippen molar-refractivity contribution < 1.29 is 19.1 Å². The number of fused-ring (bicyclic) bond motifs is 1. The van der Waals surface area contributed by atoms with Crippen LogP contribution < -0.4 is 10.4 Å². The topological polar surface area (TPSA) is 52.6 Å². The average Bonchev–Trinajstić information content (AvgIpc) is 2.93. The van der Waals surface area contributed by atoms with Gasteiger partial charge in [-0.15, -0.1) is 0 Å². The molecule has 0 saturated carbocycles. The quantitative estimate of drug-likeness (QED) is 0.414. The standard InChI is InChI=1S/C21H34O4Si2/c1-9-24-19(22)21(20(23)25-10-2)13-15-11-16(26(3,4)5)12-18(17(15)14-21)27(6,7)8/h11-12H,9-10,13-14H2,1-8H3. The highest BCUT2D eigenvalue weighted by atomic mass is 28.3. The van der Waals surface area contributed by atoms with E-state index >= 15 is 0 Å². The highest BCUT2D eigenvalue weighted by molar-refractivity contribution is 6.91. The van der Waals surface area contributed by atoms with Gasteiger partial charge >= 0.3 is 11.9 Å². The second kappa shape index (κ2) is 7.55. The minimum absolute atomic E-state index is 0.261. The first-order valence-corrected chi connectivity index (χ1v) is 16.9. The molecule has 1 aromatic rings. The van der Waals surface area contributed by atoms with E-state index in [2.05, 4.69) is 51.4 Å². The van der Waals surface area contributed by atoms with E-state index in [9.17, 15) is 9.59 Å². The molecule has 0 N–H and O–H groups in total. The molecule has 27 heavy (non-hydrogen) atoms. The van der Waals surface area contributed by atoms with Crippen molar-refractivity contribution in [2.75, 3.05) is 13.2 Å². The minimum atomic E-state index is -1.65. The molecule has 1 aliphatic rings. The molecule has 0 spiro atoms. The van der Waals surface area contributed by atoms with Crippen LogP contribution in [0.5, 0.6) is 0 Å². The summed E-state index contributed by atoms with van der Waals surface area (Å²) < 4.78 is 10.7. The summed E-state index contributed by atoms with van der Waals surface area (Å²) in [5.74, 6) is -0.897. The molecule has 0 radical (unpaired) electrons. The van der Waals surface area contributed by atoms with Crippen LogP contribution in [0.15, 0.2) is 12.1 Å². The molecule has 0 atom stereocenters. The number of benzene rings is 1. The van der Waals surface area contributed by atoms with Gasteiger partial charge in [-0.25, -0.2) is 0 Å². The third-order valence-electron chi connectivity index (χ3n) is 5.32. The van der Waals surface area contributed by atoms with E-state index in [0.717, 1.165) is 5.56 Å². The zero-order valence-corrected chi connectivity index (χ0v) is 20.1. The van der Waals surface area contributed by atoms with Crippen molar-refractivity contribution in [2.45, 2.75) is 66.0 Å². The van der Waals surface area contributed by atoms with Crippen LogP contribution in [0.1, 0.15) is 25.0 Å². The summed E-state index contributed by atoms with van der Waals surface area (Å²) in [5, 5.41) is 2.76. The van der Waals surface area contributed by atoms with Gasteiger partial charge in [0.15, 0.2) is 5.41 Å². The fourth-order valence-corrected chi connectivity index (χ4v) is 6.87. The van der Waals surface area contributed by atoms with Gasteiger partial charge in [-0.2, -0.15) is 0 Å². The van der Waals surface area contributed by atoms with Crippen molar-refractivity contribution in [1.29, 1.82) is 0 Å². The summed E-state index contributed by atoms with van der Waals surface area (Å²) in [6, 6.07) is 4.61. The molecule has 6 heteroatoms. The average molecular weight is 407 g/mol. The summed E-state index contributed by atoms with van der Waals surface area (Å²) in [6.45, 7) is 18.0. The van der Waals surface area contributed by atoms with Crippen LogP contribution in [0, 0.1) is 5.41 Å².